The maximum absolute atomic E-state index is 6.10. The predicted molar refractivity (Wildman–Crippen MR) is 78.9 cm³/mol. The van der Waals surface area contributed by atoms with Crippen LogP contribution < -0.4 is 5.32 Å². The van der Waals surface area contributed by atoms with E-state index in [4.69, 9.17) is 4.74 Å². The molecule has 0 heterocycles. The van der Waals surface area contributed by atoms with Crippen LogP contribution in [-0.2, 0) is 4.74 Å². The van der Waals surface area contributed by atoms with Gasteiger partial charge in [0.1, 0.15) is 0 Å². The first-order chi connectivity index (χ1) is 8.49. The molecule has 3 unspecified atom stereocenters. The van der Waals surface area contributed by atoms with Crippen LogP contribution in [-0.4, -0.2) is 25.3 Å². The van der Waals surface area contributed by atoms with Gasteiger partial charge < -0.3 is 10.1 Å². The molecule has 0 spiro atoms. The van der Waals surface area contributed by atoms with Crippen molar-refractivity contribution in [2.45, 2.75) is 78.9 Å². The zero-order chi connectivity index (χ0) is 13.6. The van der Waals surface area contributed by atoms with E-state index in [1.54, 1.807) is 0 Å². The van der Waals surface area contributed by atoms with Crippen molar-refractivity contribution in [2.75, 3.05) is 13.2 Å². The molecule has 1 aliphatic carbocycles. The lowest BCUT2D eigenvalue weighted by Crippen LogP contribution is -2.47. The number of nitrogens with one attached hydrogen (secondary N) is 1. The third-order valence-corrected chi connectivity index (χ3v) is 4.21. The first kappa shape index (κ1) is 16.0. The SMILES string of the molecule is CCCNC1CCC(C(C)(C)C)CC1OCCC. The lowest BCUT2D eigenvalue weighted by molar-refractivity contribution is -0.0274. The van der Waals surface area contributed by atoms with Crippen LogP contribution in [0.15, 0.2) is 0 Å². The molecular weight excluding hydrogens is 222 g/mol. The topological polar surface area (TPSA) is 21.3 Å². The molecule has 1 aliphatic rings. The number of hydrogen-bond acceptors (Lipinski definition) is 2. The lowest BCUT2D eigenvalue weighted by Gasteiger charge is -2.42. The highest BCUT2D eigenvalue weighted by Gasteiger charge is 2.35. The minimum Gasteiger partial charge on any atom is -0.377 e. The number of hydrogen-bond donors (Lipinski definition) is 1. The van der Waals surface area contributed by atoms with E-state index in [1.807, 2.05) is 0 Å². The molecule has 0 bridgehead atoms. The van der Waals surface area contributed by atoms with Crippen LogP contribution in [0.1, 0.15) is 66.7 Å². The Morgan fingerprint density at radius 2 is 1.83 bits per heavy atom. The average Bonchev–Trinajstić information content (AvgIpc) is 2.33. The Morgan fingerprint density at radius 3 is 2.39 bits per heavy atom. The van der Waals surface area contributed by atoms with Gasteiger partial charge in [-0.05, 0) is 50.0 Å². The van der Waals surface area contributed by atoms with Gasteiger partial charge in [0, 0.05) is 12.6 Å². The zero-order valence-corrected chi connectivity index (χ0v) is 13.1. The molecule has 0 aromatic rings. The number of ether oxygens (including phenoxy) is 1. The highest BCUT2D eigenvalue weighted by atomic mass is 16.5. The van der Waals surface area contributed by atoms with E-state index in [2.05, 4.69) is 39.9 Å². The Morgan fingerprint density at radius 1 is 1.11 bits per heavy atom. The third kappa shape index (κ3) is 4.89. The van der Waals surface area contributed by atoms with Crippen molar-refractivity contribution in [3.8, 4) is 0 Å². The summed E-state index contributed by atoms with van der Waals surface area (Å²) in [4.78, 5) is 0. The fourth-order valence-electron chi connectivity index (χ4n) is 2.93. The maximum Gasteiger partial charge on any atom is 0.0730 e. The molecule has 0 aromatic carbocycles. The van der Waals surface area contributed by atoms with Crippen molar-refractivity contribution in [1.82, 2.24) is 5.32 Å². The van der Waals surface area contributed by atoms with Gasteiger partial charge in [-0.2, -0.15) is 0 Å². The van der Waals surface area contributed by atoms with E-state index in [1.165, 1.54) is 25.7 Å². The summed E-state index contributed by atoms with van der Waals surface area (Å²) in [6, 6.07) is 0.579. The standard InChI is InChI=1S/C16H33NO/c1-6-10-17-14-9-8-13(16(3,4)5)12-15(14)18-11-7-2/h13-15,17H,6-12H2,1-5H3. The van der Waals surface area contributed by atoms with Gasteiger partial charge in [-0.1, -0.05) is 34.6 Å². The van der Waals surface area contributed by atoms with Crippen LogP contribution in [0.3, 0.4) is 0 Å². The van der Waals surface area contributed by atoms with E-state index < -0.39 is 0 Å². The molecule has 0 radical (unpaired) electrons. The second-order valence-electron chi connectivity index (χ2n) is 6.85. The monoisotopic (exact) mass is 255 g/mol. The van der Waals surface area contributed by atoms with Gasteiger partial charge in [-0.15, -0.1) is 0 Å². The first-order valence-electron chi connectivity index (χ1n) is 7.84. The van der Waals surface area contributed by atoms with E-state index in [0.29, 0.717) is 17.6 Å². The van der Waals surface area contributed by atoms with Gasteiger partial charge in [0.15, 0.2) is 0 Å². The molecule has 18 heavy (non-hydrogen) atoms. The molecule has 2 heteroatoms. The summed E-state index contributed by atoms with van der Waals surface area (Å²) in [6.07, 6.45) is 6.60. The third-order valence-electron chi connectivity index (χ3n) is 4.21. The molecule has 0 saturated heterocycles. The number of rotatable bonds is 6. The average molecular weight is 255 g/mol. The van der Waals surface area contributed by atoms with Gasteiger partial charge >= 0.3 is 0 Å². The van der Waals surface area contributed by atoms with Crippen LogP contribution in [0.5, 0.6) is 0 Å². The first-order valence-corrected chi connectivity index (χ1v) is 7.84. The van der Waals surface area contributed by atoms with Crippen LogP contribution in [0.25, 0.3) is 0 Å². The largest absolute Gasteiger partial charge is 0.377 e. The highest BCUT2D eigenvalue weighted by Crippen LogP contribution is 2.38. The molecule has 0 aromatic heterocycles. The summed E-state index contributed by atoms with van der Waals surface area (Å²) in [7, 11) is 0. The normalized spacial score (nSPS) is 29.5. The van der Waals surface area contributed by atoms with Gasteiger partial charge in [-0.3, -0.25) is 0 Å². The molecule has 108 valence electrons. The van der Waals surface area contributed by atoms with Gasteiger partial charge in [0.05, 0.1) is 6.10 Å². The molecule has 1 N–H and O–H groups in total. The van der Waals surface area contributed by atoms with Crippen LogP contribution >= 0.6 is 0 Å². The second kappa shape index (κ2) is 7.49. The van der Waals surface area contributed by atoms with Gasteiger partial charge in [0.25, 0.3) is 0 Å². The van der Waals surface area contributed by atoms with Crippen LogP contribution in [0.2, 0.25) is 0 Å². The van der Waals surface area contributed by atoms with Crippen molar-refractivity contribution in [2.24, 2.45) is 11.3 Å². The van der Waals surface area contributed by atoms with Crippen molar-refractivity contribution < 1.29 is 4.74 Å². The smallest absolute Gasteiger partial charge is 0.0730 e. The van der Waals surface area contributed by atoms with Crippen molar-refractivity contribution in [3.63, 3.8) is 0 Å². The van der Waals surface area contributed by atoms with E-state index in [0.717, 1.165) is 25.5 Å². The summed E-state index contributed by atoms with van der Waals surface area (Å²) in [6.45, 7) is 13.6. The Hall–Kier alpha value is -0.0800. The molecule has 3 atom stereocenters. The Balaban J connectivity index is 2.54. The second-order valence-corrected chi connectivity index (χ2v) is 6.85. The van der Waals surface area contributed by atoms with E-state index in [-0.39, 0.29) is 0 Å². The van der Waals surface area contributed by atoms with Crippen LogP contribution in [0, 0.1) is 11.3 Å². The quantitative estimate of drug-likeness (QED) is 0.774. The summed E-state index contributed by atoms with van der Waals surface area (Å²) >= 11 is 0. The molecule has 2 nitrogen and oxygen atoms in total. The van der Waals surface area contributed by atoms with Crippen molar-refractivity contribution in [3.05, 3.63) is 0 Å². The molecule has 1 saturated carbocycles. The molecule has 1 fully saturated rings. The Labute approximate surface area is 114 Å². The molecule has 0 amide bonds. The fraction of sp³-hybridized carbons (Fsp3) is 1.00. The fourth-order valence-corrected chi connectivity index (χ4v) is 2.93. The van der Waals surface area contributed by atoms with Crippen molar-refractivity contribution >= 4 is 0 Å². The zero-order valence-electron chi connectivity index (χ0n) is 13.1. The minimum absolute atomic E-state index is 0.420. The highest BCUT2D eigenvalue weighted by molar-refractivity contribution is 4.89. The molecule has 0 aliphatic heterocycles. The lowest BCUT2D eigenvalue weighted by atomic mass is 9.70. The Kier molecular flexibility index (Phi) is 6.65. The van der Waals surface area contributed by atoms with Gasteiger partial charge in [0.2, 0.25) is 0 Å². The van der Waals surface area contributed by atoms with E-state index in [9.17, 15) is 0 Å². The maximum atomic E-state index is 6.10. The summed E-state index contributed by atoms with van der Waals surface area (Å²) < 4.78 is 6.10. The van der Waals surface area contributed by atoms with Crippen molar-refractivity contribution in [1.29, 1.82) is 0 Å². The Bertz CT molecular complexity index is 222. The van der Waals surface area contributed by atoms with E-state index >= 15 is 0 Å². The molecular formula is C16H33NO. The summed E-state index contributed by atoms with van der Waals surface area (Å²) in [5.41, 5.74) is 0.420. The minimum atomic E-state index is 0.420. The predicted octanol–water partition coefficient (Wildman–Crippen LogP) is 4.00. The summed E-state index contributed by atoms with van der Waals surface area (Å²) in [5, 5.41) is 3.68. The van der Waals surface area contributed by atoms with Crippen LogP contribution in [0.4, 0.5) is 0 Å². The van der Waals surface area contributed by atoms with Gasteiger partial charge in [-0.25, -0.2) is 0 Å². The molecule has 1 rings (SSSR count). The summed E-state index contributed by atoms with van der Waals surface area (Å²) in [5.74, 6) is 0.805.